The molecule has 0 bridgehead atoms. The summed E-state index contributed by atoms with van der Waals surface area (Å²) in [6.45, 7) is 0. The van der Waals surface area contributed by atoms with Crippen molar-refractivity contribution in [1.29, 1.82) is 0 Å². The standard InChI is InChI=1S/C40H24N2OS/c1-2-9-25(10-3-1)26-17-18-28-22-29(20-19-27(28)21-26)34-24-35(37-23-30-11-4-6-15-36(30)43-37)42-40(41-34)33-14-8-13-32-31-12-5-7-16-38(31)44-39(32)33/h1-24H. The Balaban J connectivity index is 1.24. The molecule has 0 N–H and O–H groups in total. The number of benzene rings is 6. The lowest BCUT2D eigenvalue weighted by Crippen LogP contribution is -1.95. The van der Waals surface area contributed by atoms with Crippen LogP contribution in [0.15, 0.2) is 150 Å². The van der Waals surface area contributed by atoms with E-state index in [1.54, 1.807) is 11.3 Å². The summed E-state index contributed by atoms with van der Waals surface area (Å²) < 4.78 is 8.75. The smallest absolute Gasteiger partial charge is 0.161 e. The molecule has 3 nitrogen and oxygen atoms in total. The number of furan rings is 1. The van der Waals surface area contributed by atoms with Gasteiger partial charge in [0.1, 0.15) is 11.3 Å². The fourth-order valence-corrected chi connectivity index (χ4v) is 7.30. The van der Waals surface area contributed by atoms with E-state index in [0.29, 0.717) is 5.82 Å². The Morgan fingerprint density at radius 2 is 1.20 bits per heavy atom. The fourth-order valence-electron chi connectivity index (χ4n) is 6.09. The predicted molar refractivity (Wildman–Crippen MR) is 184 cm³/mol. The van der Waals surface area contributed by atoms with Crippen LogP contribution >= 0.6 is 11.3 Å². The van der Waals surface area contributed by atoms with Crippen LogP contribution in [0, 0.1) is 0 Å². The van der Waals surface area contributed by atoms with Crippen molar-refractivity contribution in [3.63, 3.8) is 0 Å². The summed E-state index contributed by atoms with van der Waals surface area (Å²) in [7, 11) is 0. The van der Waals surface area contributed by atoms with Gasteiger partial charge in [-0.1, -0.05) is 103 Å². The van der Waals surface area contributed by atoms with Crippen LogP contribution < -0.4 is 0 Å². The maximum atomic E-state index is 6.31. The van der Waals surface area contributed by atoms with E-state index < -0.39 is 0 Å². The SMILES string of the molecule is c1ccc(-c2ccc3cc(-c4cc(-c5cc6ccccc6o5)nc(-c5cccc6c5sc5ccccc56)n4)ccc3c2)cc1. The first-order valence-corrected chi connectivity index (χ1v) is 15.5. The molecule has 3 aromatic heterocycles. The predicted octanol–water partition coefficient (Wildman–Crippen LogP) is 11.4. The second-order valence-electron chi connectivity index (χ2n) is 11.0. The lowest BCUT2D eigenvalue weighted by atomic mass is 9.99. The van der Waals surface area contributed by atoms with Crippen molar-refractivity contribution in [2.45, 2.75) is 0 Å². The quantitative estimate of drug-likeness (QED) is 0.208. The molecule has 0 fully saturated rings. The molecule has 206 valence electrons. The molecule has 0 radical (unpaired) electrons. The van der Waals surface area contributed by atoms with Gasteiger partial charge in [-0.2, -0.15) is 0 Å². The van der Waals surface area contributed by atoms with E-state index in [1.807, 2.05) is 30.3 Å². The Kier molecular flexibility index (Phi) is 5.68. The van der Waals surface area contributed by atoms with Crippen LogP contribution in [0.1, 0.15) is 0 Å². The minimum Gasteiger partial charge on any atom is -0.454 e. The van der Waals surface area contributed by atoms with Gasteiger partial charge in [0, 0.05) is 36.7 Å². The third-order valence-corrected chi connectivity index (χ3v) is 9.51. The largest absolute Gasteiger partial charge is 0.454 e. The summed E-state index contributed by atoms with van der Waals surface area (Å²) in [4.78, 5) is 10.3. The van der Waals surface area contributed by atoms with Crippen molar-refractivity contribution in [2.75, 3.05) is 0 Å². The molecule has 0 atom stereocenters. The topological polar surface area (TPSA) is 38.9 Å². The van der Waals surface area contributed by atoms with Gasteiger partial charge in [-0.3, -0.25) is 0 Å². The first-order valence-electron chi connectivity index (χ1n) is 14.7. The van der Waals surface area contributed by atoms with E-state index >= 15 is 0 Å². The van der Waals surface area contributed by atoms with Crippen LogP contribution in [0.4, 0.5) is 0 Å². The molecule has 0 unspecified atom stereocenters. The average molecular weight is 581 g/mol. The number of aromatic nitrogens is 2. The number of hydrogen-bond donors (Lipinski definition) is 0. The average Bonchev–Trinajstić information content (AvgIpc) is 3.70. The lowest BCUT2D eigenvalue weighted by molar-refractivity contribution is 0.628. The van der Waals surface area contributed by atoms with Gasteiger partial charge >= 0.3 is 0 Å². The summed E-state index contributed by atoms with van der Waals surface area (Å²) in [6.07, 6.45) is 0. The minimum absolute atomic E-state index is 0.689. The molecule has 9 rings (SSSR count). The molecule has 0 aliphatic carbocycles. The molecule has 0 amide bonds. The second kappa shape index (κ2) is 10.0. The van der Waals surface area contributed by atoms with E-state index in [2.05, 4.69) is 115 Å². The Morgan fingerprint density at radius 1 is 0.477 bits per heavy atom. The summed E-state index contributed by atoms with van der Waals surface area (Å²) in [5.74, 6) is 1.42. The summed E-state index contributed by atoms with van der Waals surface area (Å²) in [5, 5.41) is 5.89. The molecular formula is C40H24N2OS. The maximum absolute atomic E-state index is 6.31. The highest BCUT2D eigenvalue weighted by Gasteiger charge is 2.17. The minimum atomic E-state index is 0.689. The van der Waals surface area contributed by atoms with E-state index in [9.17, 15) is 0 Å². The zero-order valence-corrected chi connectivity index (χ0v) is 24.4. The zero-order valence-electron chi connectivity index (χ0n) is 23.6. The molecule has 0 aliphatic heterocycles. The second-order valence-corrected chi connectivity index (χ2v) is 12.1. The summed E-state index contributed by atoms with van der Waals surface area (Å²) in [5.41, 5.74) is 6.95. The number of thiophene rings is 1. The highest BCUT2D eigenvalue weighted by atomic mass is 32.1. The fraction of sp³-hybridized carbons (Fsp3) is 0. The van der Waals surface area contributed by atoms with E-state index in [4.69, 9.17) is 14.4 Å². The molecular weight excluding hydrogens is 557 g/mol. The molecule has 0 spiro atoms. The number of nitrogens with zero attached hydrogens (tertiary/aromatic N) is 2. The Morgan fingerprint density at radius 3 is 2.09 bits per heavy atom. The first kappa shape index (κ1) is 25.0. The molecule has 44 heavy (non-hydrogen) atoms. The lowest BCUT2D eigenvalue weighted by Gasteiger charge is -2.10. The molecule has 4 heteroatoms. The Bertz CT molecular complexity index is 2480. The molecule has 3 heterocycles. The third kappa shape index (κ3) is 4.19. The van der Waals surface area contributed by atoms with Gasteiger partial charge in [0.2, 0.25) is 0 Å². The van der Waals surface area contributed by atoms with Gasteiger partial charge in [0.15, 0.2) is 11.6 Å². The summed E-state index contributed by atoms with van der Waals surface area (Å²) in [6, 6.07) is 50.9. The van der Waals surface area contributed by atoms with Crippen LogP contribution in [0.2, 0.25) is 0 Å². The number of fused-ring (bicyclic) bond motifs is 5. The molecule has 6 aromatic carbocycles. The van der Waals surface area contributed by atoms with Crippen LogP contribution in [0.3, 0.4) is 0 Å². The molecule has 0 saturated carbocycles. The Labute approximate surface area is 257 Å². The van der Waals surface area contributed by atoms with E-state index in [-0.39, 0.29) is 0 Å². The monoisotopic (exact) mass is 580 g/mol. The third-order valence-electron chi connectivity index (χ3n) is 8.29. The van der Waals surface area contributed by atoms with Crippen LogP contribution in [-0.2, 0) is 0 Å². The highest BCUT2D eigenvalue weighted by Crippen LogP contribution is 2.40. The van der Waals surface area contributed by atoms with E-state index in [1.165, 1.54) is 42.1 Å². The normalized spacial score (nSPS) is 11.6. The number of hydrogen-bond acceptors (Lipinski definition) is 4. The molecule has 9 aromatic rings. The first-order chi connectivity index (χ1) is 21.8. The zero-order chi connectivity index (χ0) is 29.0. The van der Waals surface area contributed by atoms with Crippen molar-refractivity contribution in [3.05, 3.63) is 146 Å². The maximum Gasteiger partial charge on any atom is 0.161 e. The van der Waals surface area contributed by atoms with Gasteiger partial charge in [-0.25, -0.2) is 9.97 Å². The van der Waals surface area contributed by atoms with Gasteiger partial charge in [0.05, 0.1) is 5.69 Å². The van der Waals surface area contributed by atoms with Gasteiger partial charge in [-0.15, -0.1) is 11.3 Å². The molecule has 0 aliphatic rings. The van der Waals surface area contributed by atoms with Crippen LogP contribution in [0.5, 0.6) is 0 Å². The van der Waals surface area contributed by atoms with Crippen molar-refractivity contribution >= 4 is 53.3 Å². The van der Waals surface area contributed by atoms with Crippen molar-refractivity contribution in [3.8, 4) is 45.2 Å². The van der Waals surface area contributed by atoms with Crippen LogP contribution in [0.25, 0.3) is 87.1 Å². The van der Waals surface area contributed by atoms with Crippen molar-refractivity contribution in [2.24, 2.45) is 0 Å². The highest BCUT2D eigenvalue weighted by molar-refractivity contribution is 7.26. The van der Waals surface area contributed by atoms with Crippen molar-refractivity contribution in [1.82, 2.24) is 9.97 Å². The van der Waals surface area contributed by atoms with Crippen LogP contribution in [-0.4, -0.2) is 9.97 Å². The number of rotatable bonds is 4. The van der Waals surface area contributed by atoms with Gasteiger partial charge in [0.25, 0.3) is 0 Å². The molecule has 0 saturated heterocycles. The van der Waals surface area contributed by atoms with Gasteiger partial charge < -0.3 is 4.42 Å². The van der Waals surface area contributed by atoms with E-state index in [0.717, 1.165) is 39.2 Å². The van der Waals surface area contributed by atoms with Crippen molar-refractivity contribution < 1.29 is 4.42 Å². The Hall–Kier alpha value is -5.58. The summed E-state index contributed by atoms with van der Waals surface area (Å²) >= 11 is 1.79. The number of para-hydroxylation sites is 1. The van der Waals surface area contributed by atoms with Gasteiger partial charge in [-0.05, 0) is 64.4 Å².